The Morgan fingerprint density at radius 3 is 2.40 bits per heavy atom. The highest BCUT2D eigenvalue weighted by atomic mass is 32.2. The molecule has 1 fully saturated rings. The number of pyridine rings is 1. The second-order valence-corrected chi connectivity index (χ2v) is 12.0. The summed E-state index contributed by atoms with van der Waals surface area (Å²) < 4.78 is 32.1. The number of ketones is 1. The van der Waals surface area contributed by atoms with Crippen LogP contribution in [-0.4, -0.2) is 57.7 Å². The van der Waals surface area contributed by atoms with Crippen molar-refractivity contribution in [3.8, 4) is 17.2 Å². The minimum Gasteiger partial charge on any atom is -0.505 e. The summed E-state index contributed by atoms with van der Waals surface area (Å²) in [6.45, 7) is 1.71. The molecule has 3 aromatic heterocycles. The zero-order valence-electron chi connectivity index (χ0n) is 24.5. The minimum atomic E-state index is -1.14. The predicted octanol–water partition coefficient (Wildman–Crippen LogP) is 5.58. The number of rotatable bonds is 9. The van der Waals surface area contributed by atoms with E-state index in [1.165, 1.54) is 50.1 Å². The van der Waals surface area contributed by atoms with E-state index >= 15 is 0 Å². The van der Waals surface area contributed by atoms with Crippen LogP contribution in [0.3, 0.4) is 0 Å². The molecule has 2 aromatic carbocycles. The summed E-state index contributed by atoms with van der Waals surface area (Å²) in [5, 5.41) is 20.5. The van der Waals surface area contributed by atoms with Crippen LogP contribution in [0.5, 0.6) is 17.2 Å². The van der Waals surface area contributed by atoms with Crippen LogP contribution >= 0.6 is 23.1 Å². The SMILES string of the molecule is COc1cc(C2/C(=C(\O)c3c(C)nc4ccccn34)C(=O)C(=O)N2c2nnc(SCc3ccc(F)cc3)s2)cc(OC)c1OC. The van der Waals surface area contributed by atoms with Crippen LogP contribution in [0.25, 0.3) is 11.4 Å². The Hall–Kier alpha value is -4.95. The van der Waals surface area contributed by atoms with Crippen molar-refractivity contribution in [1.82, 2.24) is 19.6 Å². The number of aliphatic hydroxyl groups excluding tert-OH is 1. The number of carbonyl (C=O) groups is 2. The van der Waals surface area contributed by atoms with Gasteiger partial charge in [0, 0.05) is 11.9 Å². The Bertz CT molecular complexity index is 1950. The van der Waals surface area contributed by atoms with E-state index in [2.05, 4.69) is 15.2 Å². The number of aromatic nitrogens is 4. The molecule has 1 aliphatic heterocycles. The van der Waals surface area contributed by atoms with Gasteiger partial charge >= 0.3 is 5.91 Å². The molecule has 4 heterocycles. The lowest BCUT2D eigenvalue weighted by molar-refractivity contribution is -0.132. The number of hydrogen-bond acceptors (Lipinski definition) is 11. The van der Waals surface area contributed by atoms with Crippen molar-refractivity contribution in [2.75, 3.05) is 26.2 Å². The second-order valence-electron chi connectivity index (χ2n) is 9.87. The van der Waals surface area contributed by atoms with Gasteiger partial charge in [-0.1, -0.05) is 41.3 Å². The molecule has 5 aromatic rings. The zero-order chi connectivity index (χ0) is 31.8. The van der Waals surface area contributed by atoms with E-state index in [9.17, 15) is 19.1 Å². The number of nitrogens with zero attached hydrogens (tertiary/aromatic N) is 5. The van der Waals surface area contributed by atoms with E-state index in [0.717, 1.165) is 16.9 Å². The number of methoxy groups -OCH3 is 3. The Labute approximate surface area is 264 Å². The minimum absolute atomic E-state index is 0.145. The van der Waals surface area contributed by atoms with Crippen LogP contribution in [0, 0.1) is 12.7 Å². The molecule has 14 heteroatoms. The largest absolute Gasteiger partial charge is 0.505 e. The van der Waals surface area contributed by atoms with Crippen LogP contribution in [0.1, 0.15) is 28.6 Å². The average molecular weight is 648 g/mol. The van der Waals surface area contributed by atoms with Gasteiger partial charge in [0.2, 0.25) is 10.9 Å². The summed E-state index contributed by atoms with van der Waals surface area (Å²) in [5.74, 6) is -1.16. The third kappa shape index (κ3) is 5.36. The van der Waals surface area contributed by atoms with Gasteiger partial charge < -0.3 is 19.3 Å². The third-order valence-corrected chi connectivity index (χ3v) is 9.38. The molecule has 1 amide bonds. The van der Waals surface area contributed by atoms with Crippen molar-refractivity contribution < 1.29 is 33.3 Å². The van der Waals surface area contributed by atoms with E-state index in [-0.39, 0.29) is 33.7 Å². The number of aliphatic hydroxyl groups is 1. The molecule has 45 heavy (non-hydrogen) atoms. The van der Waals surface area contributed by atoms with Gasteiger partial charge in [0.25, 0.3) is 5.78 Å². The van der Waals surface area contributed by atoms with Crippen molar-refractivity contribution >= 4 is 51.3 Å². The first kappa shape index (κ1) is 30.1. The number of hydrogen-bond donors (Lipinski definition) is 1. The lowest BCUT2D eigenvalue weighted by Crippen LogP contribution is -2.29. The lowest BCUT2D eigenvalue weighted by Gasteiger charge is -2.24. The highest BCUT2D eigenvalue weighted by Gasteiger charge is 2.49. The van der Waals surface area contributed by atoms with Crippen molar-refractivity contribution in [2.24, 2.45) is 0 Å². The zero-order valence-corrected chi connectivity index (χ0v) is 26.1. The third-order valence-electron chi connectivity index (χ3n) is 7.25. The smallest absolute Gasteiger partial charge is 0.301 e. The van der Waals surface area contributed by atoms with Gasteiger partial charge in [0.05, 0.1) is 38.6 Å². The molecule has 0 saturated carbocycles. The average Bonchev–Trinajstić information content (AvgIpc) is 3.73. The van der Waals surface area contributed by atoms with E-state index in [0.29, 0.717) is 32.7 Å². The molecule has 1 aliphatic rings. The van der Waals surface area contributed by atoms with E-state index in [1.807, 2.05) is 6.07 Å². The van der Waals surface area contributed by atoms with Gasteiger partial charge in [-0.05, 0) is 54.4 Å². The Morgan fingerprint density at radius 1 is 1.02 bits per heavy atom. The van der Waals surface area contributed by atoms with Gasteiger partial charge in [0.15, 0.2) is 21.6 Å². The van der Waals surface area contributed by atoms with Crippen molar-refractivity contribution in [2.45, 2.75) is 23.1 Å². The van der Waals surface area contributed by atoms with Crippen LogP contribution in [0.15, 0.2) is 70.7 Å². The number of thioether (sulfide) groups is 1. The molecule has 1 N–H and O–H groups in total. The number of fused-ring (bicyclic) bond motifs is 1. The highest BCUT2D eigenvalue weighted by Crippen LogP contribution is 2.48. The van der Waals surface area contributed by atoms with Gasteiger partial charge in [-0.25, -0.2) is 9.37 Å². The number of imidazole rings is 1. The number of Topliss-reactive ketones (excluding diaryl/α,β-unsaturated/α-hetero) is 1. The van der Waals surface area contributed by atoms with Crippen molar-refractivity contribution in [1.29, 1.82) is 0 Å². The molecule has 1 saturated heterocycles. The Morgan fingerprint density at radius 2 is 1.73 bits per heavy atom. The molecule has 11 nitrogen and oxygen atoms in total. The normalized spacial score (nSPS) is 16.0. The predicted molar refractivity (Wildman–Crippen MR) is 167 cm³/mol. The fourth-order valence-corrected chi connectivity index (χ4v) is 7.04. The topological polar surface area (TPSA) is 128 Å². The summed E-state index contributed by atoms with van der Waals surface area (Å²) in [7, 11) is 4.37. The molecular weight excluding hydrogens is 622 g/mol. The summed E-state index contributed by atoms with van der Waals surface area (Å²) >= 11 is 2.47. The first-order valence-electron chi connectivity index (χ1n) is 13.5. The van der Waals surface area contributed by atoms with Gasteiger partial charge in [-0.15, -0.1) is 10.2 Å². The molecule has 0 spiro atoms. The maximum atomic E-state index is 13.8. The van der Waals surface area contributed by atoms with Crippen LogP contribution in [-0.2, 0) is 15.3 Å². The molecule has 0 aliphatic carbocycles. The first-order valence-corrected chi connectivity index (χ1v) is 15.3. The molecule has 230 valence electrons. The maximum Gasteiger partial charge on any atom is 0.301 e. The molecule has 0 radical (unpaired) electrons. The molecule has 6 rings (SSSR count). The monoisotopic (exact) mass is 647 g/mol. The molecule has 0 bridgehead atoms. The molecular formula is C31H26FN5O6S2. The number of halogens is 1. The number of ether oxygens (including phenoxy) is 3. The fourth-order valence-electron chi connectivity index (χ4n) is 5.21. The van der Waals surface area contributed by atoms with Gasteiger partial charge in [-0.3, -0.25) is 18.9 Å². The molecule has 1 atom stereocenters. The second kappa shape index (κ2) is 12.2. The lowest BCUT2D eigenvalue weighted by atomic mass is 9.95. The quantitative estimate of drug-likeness (QED) is 0.0712. The summed E-state index contributed by atoms with van der Waals surface area (Å²) in [6.07, 6.45) is 1.71. The highest BCUT2D eigenvalue weighted by molar-refractivity contribution is 8.00. The molecule has 1 unspecified atom stereocenters. The fraction of sp³-hybridized carbons (Fsp3) is 0.194. The Balaban J connectivity index is 1.50. The Kier molecular flexibility index (Phi) is 8.16. The summed E-state index contributed by atoms with van der Waals surface area (Å²) in [5.41, 5.74) is 2.39. The van der Waals surface area contributed by atoms with E-state index < -0.39 is 23.5 Å². The standard InChI is InChI=1S/C31H26FN5O6S2/c1-16-24(36-12-6-5-7-22(36)33-16)26(38)23-25(18-13-20(41-2)28(43-4)21(14-18)42-3)37(29(40)27(23)39)30-34-35-31(45-30)44-15-17-8-10-19(32)11-9-17/h5-14,25,38H,15H2,1-4H3/b26-23+. The van der Waals surface area contributed by atoms with E-state index in [1.54, 1.807) is 53.9 Å². The number of benzene rings is 2. The van der Waals surface area contributed by atoms with Gasteiger partial charge in [0.1, 0.15) is 17.2 Å². The van der Waals surface area contributed by atoms with Crippen LogP contribution < -0.4 is 19.1 Å². The number of aryl methyl sites for hydroxylation is 1. The van der Waals surface area contributed by atoms with Crippen LogP contribution in [0.2, 0.25) is 0 Å². The van der Waals surface area contributed by atoms with Crippen molar-refractivity contribution in [3.63, 3.8) is 0 Å². The number of amides is 1. The number of anilines is 1. The first-order chi connectivity index (χ1) is 21.7. The van der Waals surface area contributed by atoms with Crippen LogP contribution in [0.4, 0.5) is 9.52 Å². The van der Waals surface area contributed by atoms with E-state index in [4.69, 9.17) is 14.2 Å². The summed E-state index contributed by atoms with van der Waals surface area (Å²) in [4.78, 5) is 33.4. The maximum absolute atomic E-state index is 13.8. The summed E-state index contributed by atoms with van der Waals surface area (Å²) in [6, 6.07) is 13.5. The van der Waals surface area contributed by atoms with Crippen molar-refractivity contribution in [3.05, 3.63) is 94.7 Å². The number of carbonyl (C=O) groups excluding carboxylic acids is 2. The van der Waals surface area contributed by atoms with Gasteiger partial charge in [-0.2, -0.15) is 0 Å².